The van der Waals surface area contributed by atoms with Gasteiger partial charge in [0.15, 0.2) is 11.6 Å². The Balaban J connectivity index is 1.51. The summed E-state index contributed by atoms with van der Waals surface area (Å²) in [7, 11) is 1.34. The zero-order valence-corrected chi connectivity index (χ0v) is 21.7. The van der Waals surface area contributed by atoms with E-state index in [1.807, 2.05) is 0 Å². The number of ether oxygens (including phenoxy) is 1. The van der Waals surface area contributed by atoms with E-state index in [2.05, 4.69) is 26.6 Å². The van der Waals surface area contributed by atoms with E-state index in [9.17, 15) is 18.4 Å². The van der Waals surface area contributed by atoms with Crippen LogP contribution in [0.1, 0.15) is 21.8 Å². The van der Waals surface area contributed by atoms with Gasteiger partial charge in [-0.25, -0.2) is 8.78 Å². The Labute approximate surface area is 222 Å². The normalized spacial score (nSPS) is 18.0. The van der Waals surface area contributed by atoms with Gasteiger partial charge in [0.2, 0.25) is 5.91 Å². The van der Waals surface area contributed by atoms with E-state index >= 15 is 0 Å². The number of anilines is 2. The molecule has 3 aromatic carbocycles. The van der Waals surface area contributed by atoms with Crippen molar-refractivity contribution < 1.29 is 23.1 Å². The molecule has 0 radical (unpaired) electrons. The lowest BCUT2D eigenvalue weighted by Gasteiger charge is -2.10. The van der Waals surface area contributed by atoms with E-state index in [0.29, 0.717) is 15.7 Å². The summed E-state index contributed by atoms with van der Waals surface area (Å²) < 4.78 is 31.3. The largest absolute Gasteiger partial charge is 0.492 e. The number of alkyl halides is 2. The number of hydrogen-bond donors (Lipinski definition) is 2. The van der Waals surface area contributed by atoms with Crippen LogP contribution in [0.15, 0.2) is 59.1 Å². The van der Waals surface area contributed by atoms with Crippen molar-refractivity contribution in [2.45, 2.75) is 10.3 Å². The first-order valence-corrected chi connectivity index (χ1v) is 12.0. The van der Waals surface area contributed by atoms with Gasteiger partial charge < -0.3 is 15.4 Å². The molecular weight excluding hydrogens is 589 g/mol. The quantitative estimate of drug-likeness (QED) is 0.293. The van der Waals surface area contributed by atoms with Crippen molar-refractivity contribution in [3.8, 4) is 5.75 Å². The molecule has 2 unspecified atom stereocenters. The molecule has 1 fully saturated rings. The molecule has 1 aliphatic rings. The summed E-state index contributed by atoms with van der Waals surface area (Å²) in [5.41, 5.74) is 1.16. The number of carbonyl (C=O) groups is 2. The lowest BCUT2D eigenvalue weighted by Crippen LogP contribution is -2.18. The highest BCUT2D eigenvalue weighted by Crippen LogP contribution is 2.65. The molecule has 5 nitrogen and oxygen atoms in total. The Morgan fingerprint density at radius 2 is 1.66 bits per heavy atom. The minimum Gasteiger partial charge on any atom is -0.492 e. The number of carbonyl (C=O) groups excluding carboxylic acids is 2. The van der Waals surface area contributed by atoms with Gasteiger partial charge in [-0.2, -0.15) is 0 Å². The van der Waals surface area contributed by atoms with Gasteiger partial charge in [0.25, 0.3) is 5.91 Å². The first-order valence-electron chi connectivity index (χ1n) is 10.1. The molecule has 1 aliphatic carbocycles. The van der Waals surface area contributed by atoms with Gasteiger partial charge in [-0.3, -0.25) is 9.59 Å². The number of rotatable bonds is 6. The van der Waals surface area contributed by atoms with Crippen LogP contribution in [-0.4, -0.2) is 23.3 Å². The fourth-order valence-electron chi connectivity index (χ4n) is 3.75. The van der Waals surface area contributed by atoms with Crippen LogP contribution in [0.4, 0.5) is 20.2 Å². The molecule has 0 spiro atoms. The third-order valence-electron chi connectivity index (χ3n) is 5.50. The highest BCUT2D eigenvalue weighted by molar-refractivity contribution is 9.10. The van der Waals surface area contributed by atoms with Crippen molar-refractivity contribution in [1.29, 1.82) is 0 Å². The molecule has 0 heterocycles. The summed E-state index contributed by atoms with van der Waals surface area (Å²) in [6.45, 7) is 0. The molecule has 2 atom stereocenters. The fraction of sp³-hybridized carbons (Fsp3) is 0.167. The van der Waals surface area contributed by atoms with Crippen molar-refractivity contribution in [1.82, 2.24) is 0 Å². The van der Waals surface area contributed by atoms with Crippen molar-refractivity contribution in [3.63, 3.8) is 0 Å². The molecule has 2 amide bonds. The average Bonchev–Trinajstić information content (AvgIpc) is 3.38. The summed E-state index contributed by atoms with van der Waals surface area (Å²) in [5, 5.41) is 5.43. The van der Waals surface area contributed by atoms with Crippen LogP contribution in [0.2, 0.25) is 5.02 Å². The summed E-state index contributed by atoms with van der Waals surface area (Å²) in [6, 6.07) is 12.4. The Morgan fingerprint density at radius 1 is 1.00 bits per heavy atom. The first-order chi connectivity index (χ1) is 16.5. The van der Waals surface area contributed by atoms with Crippen LogP contribution in [0.5, 0.6) is 5.75 Å². The molecule has 182 valence electrons. The number of hydrogen-bond acceptors (Lipinski definition) is 3. The van der Waals surface area contributed by atoms with Crippen molar-refractivity contribution in [2.24, 2.45) is 5.92 Å². The van der Waals surface area contributed by atoms with E-state index in [4.69, 9.17) is 39.5 Å². The highest BCUT2D eigenvalue weighted by atomic mass is 79.9. The van der Waals surface area contributed by atoms with Gasteiger partial charge in [-0.1, -0.05) is 11.6 Å². The maximum Gasteiger partial charge on any atom is 0.257 e. The molecule has 0 aromatic heterocycles. The van der Waals surface area contributed by atoms with Gasteiger partial charge in [0.1, 0.15) is 10.2 Å². The smallest absolute Gasteiger partial charge is 0.257 e. The van der Waals surface area contributed by atoms with Crippen LogP contribution in [0, 0.1) is 17.6 Å². The van der Waals surface area contributed by atoms with Gasteiger partial charge in [-0.05, 0) is 76.1 Å². The molecule has 3 aromatic rings. The van der Waals surface area contributed by atoms with Crippen molar-refractivity contribution >= 4 is 73.9 Å². The van der Waals surface area contributed by atoms with Crippen LogP contribution in [0.3, 0.4) is 0 Å². The SMILES string of the molecule is COc1c(F)cc(C2C(C(=O)Nc3ccc(Cl)c(C(=O)Nc4ccc(F)cc4)c3)C2(Cl)Cl)cc1Br. The molecule has 0 bridgehead atoms. The average molecular weight is 605 g/mol. The molecule has 0 aliphatic heterocycles. The van der Waals surface area contributed by atoms with E-state index < -0.39 is 39.6 Å². The van der Waals surface area contributed by atoms with E-state index in [1.165, 1.54) is 55.6 Å². The lowest BCUT2D eigenvalue weighted by atomic mass is 10.1. The topological polar surface area (TPSA) is 67.4 Å². The second-order valence-corrected chi connectivity index (χ2v) is 10.5. The zero-order chi connectivity index (χ0) is 25.5. The van der Waals surface area contributed by atoms with Crippen LogP contribution in [0.25, 0.3) is 0 Å². The first kappa shape index (κ1) is 25.7. The van der Waals surface area contributed by atoms with Crippen LogP contribution in [-0.2, 0) is 4.79 Å². The molecule has 2 N–H and O–H groups in total. The summed E-state index contributed by atoms with van der Waals surface area (Å²) in [6.07, 6.45) is 0. The maximum absolute atomic E-state index is 14.3. The Hall–Kier alpha value is -2.39. The van der Waals surface area contributed by atoms with Crippen molar-refractivity contribution in [3.05, 3.63) is 86.9 Å². The Morgan fingerprint density at radius 3 is 2.29 bits per heavy atom. The molecule has 1 saturated carbocycles. The number of halogens is 6. The minimum atomic E-state index is -1.46. The van der Waals surface area contributed by atoms with E-state index in [-0.39, 0.29) is 22.0 Å². The van der Waals surface area contributed by atoms with Gasteiger partial charge in [-0.15, -0.1) is 23.2 Å². The van der Waals surface area contributed by atoms with Crippen LogP contribution >= 0.6 is 50.7 Å². The predicted molar refractivity (Wildman–Crippen MR) is 136 cm³/mol. The second-order valence-electron chi connectivity index (χ2n) is 7.79. The van der Waals surface area contributed by atoms with Gasteiger partial charge in [0, 0.05) is 17.3 Å². The van der Waals surface area contributed by atoms with Gasteiger partial charge in [0.05, 0.1) is 28.1 Å². The lowest BCUT2D eigenvalue weighted by molar-refractivity contribution is -0.117. The van der Waals surface area contributed by atoms with E-state index in [0.717, 1.165) is 0 Å². The molecule has 0 saturated heterocycles. The summed E-state index contributed by atoms with van der Waals surface area (Å²) in [5.74, 6) is -3.65. The molecule has 35 heavy (non-hydrogen) atoms. The summed E-state index contributed by atoms with van der Waals surface area (Å²) >= 11 is 22.2. The summed E-state index contributed by atoms with van der Waals surface area (Å²) in [4.78, 5) is 25.6. The fourth-order valence-corrected chi connectivity index (χ4v) is 5.40. The molecule has 4 rings (SSSR count). The third-order valence-corrected chi connectivity index (χ3v) is 7.36. The van der Waals surface area contributed by atoms with Crippen molar-refractivity contribution in [2.75, 3.05) is 17.7 Å². The number of benzene rings is 3. The number of amides is 2. The third kappa shape index (κ3) is 5.26. The molecule has 11 heteroatoms. The number of methoxy groups -OCH3 is 1. The number of nitrogens with one attached hydrogen (secondary N) is 2. The Kier molecular flexibility index (Phi) is 7.29. The highest BCUT2D eigenvalue weighted by Gasteiger charge is 2.67. The van der Waals surface area contributed by atoms with E-state index in [1.54, 1.807) is 6.07 Å². The maximum atomic E-state index is 14.3. The minimum absolute atomic E-state index is 0.0257. The predicted octanol–water partition coefficient (Wildman–Crippen LogP) is 7.17. The molecular formula is C24H16BrCl3F2N2O3. The Bertz CT molecular complexity index is 1300. The monoisotopic (exact) mass is 602 g/mol. The van der Waals surface area contributed by atoms with Crippen LogP contribution < -0.4 is 15.4 Å². The second kappa shape index (κ2) is 9.93. The standard InChI is InChI=1S/C24H16BrCl3F2N2O3/c1-35-21-16(25)8-11(9-18(21)30)19-20(24(19,27)28)23(34)32-14-6-7-17(26)15(10-14)22(33)31-13-4-2-12(29)3-5-13/h2-10,19-20H,1H3,(H,31,33)(H,32,34). The van der Waals surface area contributed by atoms with Gasteiger partial charge >= 0.3 is 0 Å². The zero-order valence-electron chi connectivity index (χ0n) is 17.8.